The van der Waals surface area contributed by atoms with E-state index in [4.69, 9.17) is 10.00 Å². The molecule has 0 fully saturated rings. The lowest BCUT2D eigenvalue weighted by Crippen LogP contribution is -2.35. The van der Waals surface area contributed by atoms with Gasteiger partial charge in [-0.2, -0.15) is 5.26 Å². The molecule has 0 aliphatic carbocycles. The largest absolute Gasteiger partial charge is 0.465 e. The summed E-state index contributed by atoms with van der Waals surface area (Å²) < 4.78 is 4.83. The van der Waals surface area contributed by atoms with Gasteiger partial charge in [0.25, 0.3) is 0 Å². The highest BCUT2D eigenvalue weighted by atomic mass is 16.5. The molecule has 0 aromatic heterocycles. The first-order chi connectivity index (χ1) is 10.1. The summed E-state index contributed by atoms with van der Waals surface area (Å²) in [5.74, 6) is -0.672. The Bertz CT molecular complexity index is 556. The first-order valence-electron chi connectivity index (χ1n) is 6.73. The topological polar surface area (TPSA) is 70.4 Å². The van der Waals surface area contributed by atoms with Gasteiger partial charge in [-0.3, -0.25) is 9.59 Å². The zero-order valence-electron chi connectivity index (χ0n) is 12.2. The number of nitrogens with zero attached hydrogens (tertiary/aromatic N) is 2. The number of carbonyl (C=O) groups is 2. The molecule has 0 atom stereocenters. The minimum absolute atomic E-state index is 0.0547. The van der Waals surface area contributed by atoms with E-state index in [1.165, 1.54) is 11.0 Å². The van der Waals surface area contributed by atoms with Gasteiger partial charge in [-0.05, 0) is 37.6 Å². The van der Waals surface area contributed by atoms with E-state index in [-0.39, 0.29) is 12.5 Å². The van der Waals surface area contributed by atoms with Crippen molar-refractivity contribution in [2.24, 2.45) is 0 Å². The normalized spacial score (nSPS) is 10.1. The lowest BCUT2D eigenvalue weighted by molar-refractivity contribution is -0.147. The number of likely N-dealkylation sites (N-methyl/N-ethyl adjacent to an activating group) is 1. The first-order valence-corrected chi connectivity index (χ1v) is 6.73. The predicted molar refractivity (Wildman–Crippen MR) is 79.1 cm³/mol. The Balaban J connectivity index is 2.66. The third-order valence-corrected chi connectivity index (χ3v) is 2.78. The molecule has 0 spiro atoms. The second kappa shape index (κ2) is 8.54. The number of nitriles is 1. The van der Waals surface area contributed by atoms with Crippen LogP contribution in [0.4, 0.5) is 0 Å². The van der Waals surface area contributed by atoms with E-state index in [9.17, 15) is 9.59 Å². The number of amides is 1. The summed E-state index contributed by atoms with van der Waals surface area (Å²) in [4.78, 5) is 24.8. The molecule has 0 saturated carbocycles. The van der Waals surface area contributed by atoms with Crippen LogP contribution >= 0.6 is 0 Å². The lowest BCUT2D eigenvalue weighted by Gasteiger charge is -2.17. The van der Waals surface area contributed by atoms with E-state index < -0.39 is 5.97 Å². The summed E-state index contributed by atoms with van der Waals surface area (Å²) in [5, 5.41) is 8.71. The zero-order valence-corrected chi connectivity index (χ0v) is 12.2. The molecular formula is C16H18N2O3. The molecular weight excluding hydrogens is 268 g/mol. The third kappa shape index (κ3) is 5.49. The highest BCUT2D eigenvalue weighted by Crippen LogP contribution is 2.06. The number of carbonyl (C=O) groups excluding carboxylic acids is 2. The second-order valence-electron chi connectivity index (χ2n) is 4.22. The molecule has 21 heavy (non-hydrogen) atoms. The van der Waals surface area contributed by atoms with Crippen molar-refractivity contribution in [2.45, 2.75) is 13.8 Å². The Labute approximate surface area is 124 Å². The van der Waals surface area contributed by atoms with Crippen LogP contribution in [-0.2, 0) is 14.3 Å². The number of hydrogen-bond acceptors (Lipinski definition) is 4. The molecule has 0 N–H and O–H groups in total. The van der Waals surface area contributed by atoms with E-state index >= 15 is 0 Å². The summed E-state index contributed by atoms with van der Waals surface area (Å²) in [6.07, 6.45) is 3.06. The number of ether oxygens (including phenoxy) is 1. The maximum atomic E-state index is 12.0. The molecule has 0 saturated heterocycles. The first kappa shape index (κ1) is 16.4. The predicted octanol–water partition coefficient (Wildman–Crippen LogP) is 1.98. The van der Waals surface area contributed by atoms with Crippen LogP contribution in [-0.4, -0.2) is 36.5 Å². The Morgan fingerprint density at radius 3 is 2.48 bits per heavy atom. The molecule has 0 bridgehead atoms. The quantitative estimate of drug-likeness (QED) is 0.592. The van der Waals surface area contributed by atoms with Crippen molar-refractivity contribution >= 4 is 18.0 Å². The van der Waals surface area contributed by atoms with Gasteiger partial charge in [-0.1, -0.05) is 12.1 Å². The fourth-order valence-corrected chi connectivity index (χ4v) is 1.65. The van der Waals surface area contributed by atoms with Gasteiger partial charge in [-0.25, -0.2) is 0 Å². The molecule has 1 aromatic carbocycles. The number of hydrogen-bond donors (Lipinski definition) is 0. The van der Waals surface area contributed by atoms with Gasteiger partial charge in [-0.15, -0.1) is 0 Å². The van der Waals surface area contributed by atoms with Gasteiger partial charge in [0.2, 0.25) is 5.91 Å². The van der Waals surface area contributed by atoms with Gasteiger partial charge < -0.3 is 9.64 Å². The molecule has 1 amide bonds. The minimum atomic E-state index is -0.417. The van der Waals surface area contributed by atoms with Gasteiger partial charge in [0.1, 0.15) is 6.54 Å². The van der Waals surface area contributed by atoms with E-state index in [1.54, 1.807) is 44.2 Å². The molecule has 0 heterocycles. The van der Waals surface area contributed by atoms with E-state index in [2.05, 4.69) is 0 Å². The molecule has 5 heteroatoms. The van der Waals surface area contributed by atoms with Gasteiger partial charge in [0, 0.05) is 12.6 Å². The van der Waals surface area contributed by atoms with Crippen LogP contribution in [0.5, 0.6) is 0 Å². The molecule has 0 aliphatic rings. The highest BCUT2D eigenvalue weighted by molar-refractivity contribution is 5.93. The van der Waals surface area contributed by atoms with Crippen LogP contribution in [0.25, 0.3) is 6.08 Å². The Morgan fingerprint density at radius 1 is 1.29 bits per heavy atom. The lowest BCUT2D eigenvalue weighted by atomic mass is 10.1. The van der Waals surface area contributed by atoms with Crippen LogP contribution < -0.4 is 0 Å². The van der Waals surface area contributed by atoms with E-state index in [1.807, 2.05) is 6.07 Å². The van der Waals surface area contributed by atoms with Crippen molar-refractivity contribution in [3.63, 3.8) is 0 Å². The van der Waals surface area contributed by atoms with E-state index in [0.29, 0.717) is 18.7 Å². The molecule has 5 nitrogen and oxygen atoms in total. The number of benzene rings is 1. The smallest absolute Gasteiger partial charge is 0.325 e. The van der Waals surface area contributed by atoms with Crippen LogP contribution in [0.1, 0.15) is 25.0 Å². The molecule has 1 aromatic rings. The van der Waals surface area contributed by atoms with Gasteiger partial charge >= 0.3 is 5.97 Å². The van der Waals surface area contributed by atoms with Crippen LogP contribution in [0.2, 0.25) is 0 Å². The van der Waals surface area contributed by atoms with Crippen molar-refractivity contribution in [3.05, 3.63) is 41.5 Å². The summed E-state index contributed by atoms with van der Waals surface area (Å²) in [6, 6.07) is 8.90. The summed E-state index contributed by atoms with van der Waals surface area (Å²) in [7, 11) is 0. The van der Waals surface area contributed by atoms with E-state index in [0.717, 1.165) is 5.56 Å². The minimum Gasteiger partial charge on any atom is -0.465 e. The Hall–Kier alpha value is -2.61. The number of rotatable bonds is 6. The van der Waals surface area contributed by atoms with Gasteiger partial charge in [0.15, 0.2) is 0 Å². The van der Waals surface area contributed by atoms with Crippen molar-refractivity contribution in [3.8, 4) is 6.07 Å². The molecule has 0 aliphatic heterocycles. The van der Waals surface area contributed by atoms with Crippen LogP contribution in [0, 0.1) is 11.3 Å². The average molecular weight is 286 g/mol. The average Bonchev–Trinajstić information content (AvgIpc) is 2.51. The Morgan fingerprint density at radius 2 is 1.95 bits per heavy atom. The van der Waals surface area contributed by atoms with Crippen molar-refractivity contribution in [1.82, 2.24) is 4.90 Å². The van der Waals surface area contributed by atoms with Crippen molar-refractivity contribution < 1.29 is 14.3 Å². The summed E-state index contributed by atoms with van der Waals surface area (Å²) >= 11 is 0. The van der Waals surface area contributed by atoms with Crippen LogP contribution in [0.15, 0.2) is 30.3 Å². The SMILES string of the molecule is CCOC(=O)CN(CC)C(=O)/C=C/c1ccc(C#N)cc1. The fraction of sp³-hybridized carbons (Fsp3) is 0.312. The molecule has 1 rings (SSSR count). The molecule has 0 radical (unpaired) electrons. The number of esters is 1. The monoisotopic (exact) mass is 286 g/mol. The second-order valence-corrected chi connectivity index (χ2v) is 4.22. The van der Waals surface area contributed by atoms with Crippen molar-refractivity contribution in [1.29, 1.82) is 5.26 Å². The zero-order chi connectivity index (χ0) is 15.7. The van der Waals surface area contributed by atoms with Crippen LogP contribution in [0.3, 0.4) is 0 Å². The summed E-state index contributed by atoms with van der Waals surface area (Å²) in [6.45, 7) is 4.19. The van der Waals surface area contributed by atoms with Gasteiger partial charge in [0.05, 0.1) is 18.2 Å². The fourth-order valence-electron chi connectivity index (χ4n) is 1.65. The van der Waals surface area contributed by atoms with Crippen molar-refractivity contribution in [2.75, 3.05) is 19.7 Å². The maximum absolute atomic E-state index is 12.0. The maximum Gasteiger partial charge on any atom is 0.325 e. The standard InChI is InChI=1S/C16H18N2O3/c1-3-18(12-16(20)21-4-2)15(19)10-9-13-5-7-14(11-17)8-6-13/h5-10H,3-4,12H2,1-2H3/b10-9+. The molecule has 0 unspecified atom stereocenters. The highest BCUT2D eigenvalue weighted by Gasteiger charge is 2.13. The summed E-state index contributed by atoms with van der Waals surface area (Å²) in [5.41, 5.74) is 1.38. The third-order valence-electron chi connectivity index (χ3n) is 2.78. The molecule has 110 valence electrons. The Kier molecular flexibility index (Phi) is 6.69.